The predicted molar refractivity (Wildman–Crippen MR) is 198 cm³/mol. The molecule has 0 aromatic heterocycles. The minimum atomic E-state index is -1.17. The maximum Gasteiger partial charge on any atom is 0.326 e. The fourth-order valence-electron chi connectivity index (χ4n) is 5.61. The second kappa shape index (κ2) is 22.0. The lowest BCUT2D eigenvalue weighted by Gasteiger charge is -2.31. The van der Waals surface area contributed by atoms with Gasteiger partial charge >= 0.3 is 5.97 Å². The Morgan fingerprint density at radius 3 is 1.67 bits per heavy atom. The molecule has 0 spiro atoms. The van der Waals surface area contributed by atoms with Crippen LogP contribution < -0.4 is 32.3 Å². The van der Waals surface area contributed by atoms with Crippen molar-refractivity contribution >= 4 is 35.5 Å². The molecule has 0 aliphatic carbocycles. The number of hydrogen-bond donors (Lipinski definition) is 7. The molecule has 0 aliphatic rings. The fraction of sp³-hybridized carbons (Fsp3) is 0.684. The third-order valence-electron chi connectivity index (χ3n) is 8.81. The number of benzene rings is 1. The van der Waals surface area contributed by atoms with Gasteiger partial charge in [0, 0.05) is 24.9 Å². The van der Waals surface area contributed by atoms with Crippen LogP contribution >= 0.6 is 0 Å². The van der Waals surface area contributed by atoms with Crippen LogP contribution in [0.15, 0.2) is 30.3 Å². The molecule has 0 fully saturated rings. The highest BCUT2D eigenvalue weighted by Crippen LogP contribution is 2.14. The van der Waals surface area contributed by atoms with Crippen molar-refractivity contribution in [1.82, 2.24) is 26.6 Å². The van der Waals surface area contributed by atoms with Gasteiger partial charge in [-0.25, -0.2) is 4.79 Å². The highest BCUT2D eigenvalue weighted by molar-refractivity contribution is 5.93. The average Bonchev–Trinajstić information content (AvgIpc) is 3.02. The summed E-state index contributed by atoms with van der Waals surface area (Å²) >= 11 is 0. The Morgan fingerprint density at radius 2 is 1.18 bits per heavy atom. The Balaban J connectivity index is 3.24. The molecule has 7 atom stereocenters. The summed E-state index contributed by atoms with van der Waals surface area (Å²) in [5.74, 6) is -4.29. The van der Waals surface area contributed by atoms with Gasteiger partial charge in [0.1, 0.15) is 24.2 Å². The summed E-state index contributed by atoms with van der Waals surface area (Å²) in [7, 11) is 0. The molecule has 1 aromatic rings. The molecule has 8 N–H and O–H groups in total. The van der Waals surface area contributed by atoms with E-state index in [1.54, 1.807) is 34.6 Å². The van der Waals surface area contributed by atoms with E-state index in [-0.39, 0.29) is 54.8 Å². The molecule has 0 saturated heterocycles. The zero-order chi connectivity index (χ0) is 39.0. The van der Waals surface area contributed by atoms with Gasteiger partial charge < -0.3 is 37.4 Å². The predicted octanol–water partition coefficient (Wildman–Crippen LogP) is 2.91. The van der Waals surface area contributed by atoms with Crippen LogP contribution in [0.4, 0.5) is 0 Å². The van der Waals surface area contributed by atoms with Crippen molar-refractivity contribution in [3.05, 3.63) is 35.9 Å². The molecule has 0 heterocycles. The summed E-state index contributed by atoms with van der Waals surface area (Å²) < 4.78 is 0. The highest BCUT2D eigenvalue weighted by atomic mass is 16.4. The molecular formula is C38H64N6O7. The van der Waals surface area contributed by atoms with Crippen LogP contribution in [0.1, 0.15) is 100 Å². The van der Waals surface area contributed by atoms with E-state index in [0.717, 1.165) is 5.56 Å². The number of hydrogen-bond acceptors (Lipinski definition) is 7. The summed E-state index contributed by atoms with van der Waals surface area (Å²) in [6.45, 7) is 18.3. The number of carboxylic acids is 1. The Kier molecular flexibility index (Phi) is 19.5. The van der Waals surface area contributed by atoms with Crippen LogP contribution in [0.2, 0.25) is 0 Å². The van der Waals surface area contributed by atoms with E-state index in [4.69, 9.17) is 5.73 Å². The van der Waals surface area contributed by atoms with Gasteiger partial charge in [0.25, 0.3) is 0 Å². The Labute approximate surface area is 304 Å². The highest BCUT2D eigenvalue weighted by Gasteiger charge is 2.34. The fourth-order valence-corrected chi connectivity index (χ4v) is 5.61. The molecule has 288 valence electrons. The van der Waals surface area contributed by atoms with Crippen LogP contribution in [0.25, 0.3) is 0 Å². The van der Waals surface area contributed by atoms with Crippen molar-refractivity contribution in [2.75, 3.05) is 0 Å². The van der Waals surface area contributed by atoms with Crippen LogP contribution in [0, 0.1) is 29.6 Å². The smallest absolute Gasteiger partial charge is 0.326 e. The maximum atomic E-state index is 13.9. The Morgan fingerprint density at radius 1 is 0.647 bits per heavy atom. The molecular weight excluding hydrogens is 652 g/mol. The van der Waals surface area contributed by atoms with Crippen molar-refractivity contribution in [2.24, 2.45) is 35.3 Å². The second-order valence-corrected chi connectivity index (χ2v) is 15.2. The molecule has 0 bridgehead atoms. The number of rotatable bonds is 22. The minimum Gasteiger partial charge on any atom is -0.480 e. The molecule has 0 aliphatic heterocycles. The third kappa shape index (κ3) is 16.3. The van der Waals surface area contributed by atoms with Gasteiger partial charge in [0.15, 0.2) is 0 Å². The monoisotopic (exact) mass is 716 g/mol. The summed E-state index contributed by atoms with van der Waals surface area (Å²) in [5, 5.41) is 23.5. The average molecular weight is 717 g/mol. The first-order valence-electron chi connectivity index (χ1n) is 18.3. The number of amides is 5. The summed E-state index contributed by atoms with van der Waals surface area (Å²) in [6, 6.07) is 3.76. The van der Waals surface area contributed by atoms with Gasteiger partial charge in [-0.2, -0.15) is 0 Å². The van der Waals surface area contributed by atoms with E-state index >= 15 is 0 Å². The summed E-state index contributed by atoms with van der Waals surface area (Å²) in [5.41, 5.74) is 7.48. The van der Waals surface area contributed by atoms with Crippen molar-refractivity contribution in [3.8, 4) is 0 Å². The molecule has 5 amide bonds. The van der Waals surface area contributed by atoms with Crippen molar-refractivity contribution in [1.29, 1.82) is 0 Å². The SMILES string of the molecule is CC[C@H](C)[C@H](NC(=O)C[C@H](N)[C@H](Cc1ccccc1)NC(=O)C(NC(=O)[C@H](CC(C)C)NC(=O)CC(C)C)C(C)C)C(=O)NC(C(=O)O)C(C)C. The van der Waals surface area contributed by atoms with Crippen molar-refractivity contribution in [3.63, 3.8) is 0 Å². The van der Waals surface area contributed by atoms with E-state index in [0.29, 0.717) is 12.8 Å². The summed E-state index contributed by atoms with van der Waals surface area (Å²) in [4.78, 5) is 78.3. The van der Waals surface area contributed by atoms with Crippen LogP contribution in [-0.2, 0) is 35.2 Å². The van der Waals surface area contributed by atoms with E-state index < -0.39 is 65.8 Å². The molecule has 2 unspecified atom stereocenters. The first-order chi connectivity index (χ1) is 23.8. The van der Waals surface area contributed by atoms with Gasteiger partial charge in [-0.15, -0.1) is 0 Å². The first kappa shape index (κ1) is 45.0. The van der Waals surface area contributed by atoms with Gasteiger partial charge in [-0.3, -0.25) is 24.0 Å². The van der Waals surface area contributed by atoms with Crippen LogP contribution in [0.5, 0.6) is 0 Å². The zero-order valence-electron chi connectivity index (χ0n) is 32.2. The normalized spacial score (nSPS) is 15.7. The lowest BCUT2D eigenvalue weighted by Crippen LogP contribution is -2.60. The quantitative estimate of drug-likeness (QED) is 0.0947. The first-order valence-corrected chi connectivity index (χ1v) is 18.3. The minimum absolute atomic E-state index is 0.102. The van der Waals surface area contributed by atoms with Crippen LogP contribution in [-0.4, -0.2) is 76.9 Å². The van der Waals surface area contributed by atoms with Gasteiger partial charge in [-0.05, 0) is 48.0 Å². The molecule has 51 heavy (non-hydrogen) atoms. The number of carbonyl (C=O) groups excluding carboxylic acids is 5. The number of nitrogens with one attached hydrogen (secondary N) is 5. The molecule has 13 heteroatoms. The molecule has 1 rings (SSSR count). The van der Waals surface area contributed by atoms with Crippen molar-refractivity contribution in [2.45, 2.75) is 138 Å². The van der Waals surface area contributed by atoms with E-state index in [1.807, 2.05) is 65.0 Å². The second-order valence-electron chi connectivity index (χ2n) is 15.2. The standard InChI is InChI=1S/C38H64N6O7/c1-11-25(10)34(37(49)44-33(24(8)9)38(50)51)42-31(46)20-27(39)28(19-26-15-13-12-14-16-26)41-36(48)32(23(6)7)43-35(47)29(17-21(2)3)40-30(45)18-22(4)5/h12-16,21-25,27-29,32-34H,11,17-20,39H2,1-10H3,(H,40,45)(H,41,48)(H,42,46)(H,43,47)(H,44,49)(H,50,51)/t25-,27-,28-,29-,32?,33?,34-/m0/s1. The lowest BCUT2D eigenvalue weighted by molar-refractivity contribution is -0.143. The molecule has 0 radical (unpaired) electrons. The summed E-state index contributed by atoms with van der Waals surface area (Å²) in [6.07, 6.45) is 1.24. The largest absolute Gasteiger partial charge is 0.480 e. The van der Waals surface area contributed by atoms with E-state index in [2.05, 4.69) is 26.6 Å². The van der Waals surface area contributed by atoms with Crippen LogP contribution in [0.3, 0.4) is 0 Å². The van der Waals surface area contributed by atoms with Gasteiger partial charge in [0.2, 0.25) is 29.5 Å². The Bertz CT molecular complexity index is 1290. The number of carbonyl (C=O) groups is 6. The molecule has 13 nitrogen and oxygen atoms in total. The maximum absolute atomic E-state index is 13.9. The van der Waals surface area contributed by atoms with Crippen molar-refractivity contribution < 1.29 is 33.9 Å². The third-order valence-corrected chi connectivity index (χ3v) is 8.81. The van der Waals surface area contributed by atoms with Gasteiger partial charge in [0.05, 0.1) is 0 Å². The number of carboxylic acid groups (broad SMARTS) is 1. The Hall–Kier alpha value is -4.00. The molecule has 1 aromatic carbocycles. The van der Waals surface area contributed by atoms with E-state index in [1.165, 1.54) is 0 Å². The number of nitrogens with two attached hydrogens (primary N) is 1. The molecule has 0 saturated carbocycles. The van der Waals surface area contributed by atoms with Gasteiger partial charge in [-0.1, -0.05) is 106 Å². The van der Waals surface area contributed by atoms with E-state index in [9.17, 15) is 33.9 Å². The zero-order valence-corrected chi connectivity index (χ0v) is 32.2. The topological polar surface area (TPSA) is 209 Å². The lowest BCUT2D eigenvalue weighted by atomic mass is 9.94. The number of aliphatic carboxylic acids is 1.